The van der Waals surface area contributed by atoms with Crippen LogP contribution < -0.4 is 4.90 Å². The normalized spacial score (nSPS) is 12.0. The highest BCUT2D eigenvalue weighted by Gasteiger charge is 2.15. The van der Waals surface area contributed by atoms with Gasteiger partial charge in [-0.1, -0.05) is 90.5 Å². The van der Waals surface area contributed by atoms with Gasteiger partial charge in [0.1, 0.15) is 0 Å². The maximum atomic E-state index is 2.36. The lowest BCUT2D eigenvalue weighted by Gasteiger charge is -2.27. The predicted octanol–water partition coefficient (Wildman–Crippen LogP) is 12.1. The van der Waals surface area contributed by atoms with Crippen LogP contribution in [-0.2, 0) is 0 Å². The van der Waals surface area contributed by atoms with Crippen LogP contribution in [0, 0.1) is 41.5 Å². The third-order valence-electron chi connectivity index (χ3n) is 8.59. The van der Waals surface area contributed by atoms with Crippen molar-refractivity contribution in [2.45, 2.75) is 55.4 Å². The minimum absolute atomic E-state index is 1.14. The second-order valence-electron chi connectivity index (χ2n) is 12.1. The number of rotatable bonds is 7. The van der Waals surface area contributed by atoms with Gasteiger partial charge in [-0.25, -0.2) is 0 Å². The third kappa shape index (κ3) is 6.89. The first-order valence-electron chi connectivity index (χ1n) is 15.2. The number of hydrogen-bond acceptors (Lipinski definition) is 1. The second kappa shape index (κ2) is 12.7. The van der Waals surface area contributed by atoms with E-state index in [2.05, 4.69) is 176 Å². The van der Waals surface area contributed by atoms with E-state index in [0.717, 1.165) is 11.4 Å². The summed E-state index contributed by atoms with van der Waals surface area (Å²) in [6, 6.07) is 37.9. The summed E-state index contributed by atoms with van der Waals surface area (Å²) >= 11 is 0. The number of allylic oxidation sites excluding steroid dienone is 2. The molecule has 0 spiro atoms. The van der Waals surface area contributed by atoms with Gasteiger partial charge in [0.25, 0.3) is 0 Å². The molecule has 0 bridgehead atoms. The summed E-state index contributed by atoms with van der Waals surface area (Å²) < 4.78 is 0. The lowest BCUT2D eigenvalue weighted by molar-refractivity contribution is 1.24. The van der Waals surface area contributed by atoms with E-state index in [-0.39, 0.29) is 0 Å². The molecule has 216 valence electrons. The van der Waals surface area contributed by atoms with Gasteiger partial charge < -0.3 is 4.90 Å². The minimum Gasteiger partial charge on any atom is -0.310 e. The fourth-order valence-corrected chi connectivity index (χ4v) is 5.56. The van der Waals surface area contributed by atoms with Crippen LogP contribution in [0.25, 0.3) is 23.3 Å². The Labute approximate surface area is 258 Å². The zero-order valence-electron chi connectivity index (χ0n) is 26.9. The summed E-state index contributed by atoms with van der Waals surface area (Å²) in [4.78, 5) is 2.36. The molecular weight excluding hydrogens is 518 g/mol. The summed E-state index contributed by atoms with van der Waals surface area (Å²) in [7, 11) is 0. The summed E-state index contributed by atoms with van der Waals surface area (Å²) in [6.45, 7) is 17.4. The zero-order chi connectivity index (χ0) is 30.7. The van der Waals surface area contributed by atoms with Crippen molar-refractivity contribution in [2.75, 3.05) is 4.90 Å². The molecule has 0 saturated heterocycles. The van der Waals surface area contributed by atoms with E-state index in [9.17, 15) is 0 Å². The van der Waals surface area contributed by atoms with Crippen molar-refractivity contribution in [1.29, 1.82) is 0 Å². The van der Waals surface area contributed by atoms with E-state index in [0.29, 0.717) is 0 Å². The van der Waals surface area contributed by atoms with E-state index in [1.54, 1.807) is 0 Å². The van der Waals surface area contributed by atoms with Crippen LogP contribution in [0.4, 0.5) is 17.1 Å². The summed E-state index contributed by atoms with van der Waals surface area (Å²) in [5.74, 6) is 0. The van der Waals surface area contributed by atoms with E-state index in [1.165, 1.54) is 72.5 Å². The van der Waals surface area contributed by atoms with Gasteiger partial charge in [-0.15, -0.1) is 0 Å². The maximum Gasteiger partial charge on any atom is 0.0490 e. The second-order valence-corrected chi connectivity index (χ2v) is 12.1. The quantitative estimate of drug-likeness (QED) is 0.179. The van der Waals surface area contributed by atoms with Crippen molar-refractivity contribution < 1.29 is 0 Å². The molecule has 0 aliphatic rings. The first kappa shape index (κ1) is 29.9. The highest BCUT2D eigenvalue weighted by Crippen LogP contribution is 2.37. The molecule has 5 aromatic carbocycles. The predicted molar refractivity (Wildman–Crippen MR) is 190 cm³/mol. The van der Waals surface area contributed by atoms with Crippen molar-refractivity contribution in [3.05, 3.63) is 159 Å². The SMILES string of the molecule is CC(=Cc1ccc(N(c2ccc(C=C(C)c3ccc(C)c(C)c3)cc2)c2ccc(C)cc2C)cc1)c1ccc(C)c(C)c1. The molecule has 0 atom stereocenters. The third-order valence-corrected chi connectivity index (χ3v) is 8.59. The van der Waals surface area contributed by atoms with E-state index in [1.807, 2.05) is 0 Å². The Kier molecular flexibility index (Phi) is 8.83. The molecule has 0 saturated carbocycles. The molecule has 0 fully saturated rings. The van der Waals surface area contributed by atoms with Crippen LogP contribution in [0.1, 0.15) is 69.5 Å². The van der Waals surface area contributed by atoms with Gasteiger partial charge in [-0.2, -0.15) is 0 Å². The minimum atomic E-state index is 1.14. The molecule has 1 nitrogen and oxygen atoms in total. The van der Waals surface area contributed by atoms with Crippen molar-refractivity contribution in [3.63, 3.8) is 0 Å². The Hall–Kier alpha value is -4.62. The molecule has 5 rings (SSSR count). The van der Waals surface area contributed by atoms with E-state index in [4.69, 9.17) is 0 Å². The smallest absolute Gasteiger partial charge is 0.0490 e. The fraction of sp³-hybridized carbons (Fsp3) is 0.190. The Morgan fingerprint density at radius 3 is 1.28 bits per heavy atom. The number of benzene rings is 5. The highest BCUT2D eigenvalue weighted by atomic mass is 15.1. The van der Waals surface area contributed by atoms with Gasteiger partial charge in [-0.05, 0) is 147 Å². The van der Waals surface area contributed by atoms with Gasteiger partial charge in [-0.3, -0.25) is 0 Å². The first-order valence-corrected chi connectivity index (χ1v) is 15.2. The van der Waals surface area contributed by atoms with E-state index >= 15 is 0 Å². The van der Waals surface area contributed by atoms with Gasteiger partial charge in [0.15, 0.2) is 0 Å². The Morgan fingerprint density at radius 2 is 0.884 bits per heavy atom. The first-order chi connectivity index (χ1) is 20.6. The lowest BCUT2D eigenvalue weighted by atomic mass is 9.99. The molecule has 0 N–H and O–H groups in total. The number of hydrogen-bond donors (Lipinski definition) is 0. The molecule has 0 aliphatic heterocycles. The molecule has 43 heavy (non-hydrogen) atoms. The highest BCUT2D eigenvalue weighted by molar-refractivity contribution is 5.84. The standard InChI is InChI=1S/C42H43N/c1-28-9-22-42(35(8)23-28)43(40-18-12-36(13-19-40)24-33(6)38-16-10-29(2)31(4)26-38)41-20-14-37(15-21-41)25-34(7)39-17-11-30(3)32(5)27-39/h9-27H,1-8H3. The molecular formula is C42H43N. The van der Waals surface area contributed by atoms with Crippen molar-refractivity contribution in [1.82, 2.24) is 0 Å². The largest absolute Gasteiger partial charge is 0.310 e. The van der Waals surface area contributed by atoms with Gasteiger partial charge >= 0.3 is 0 Å². The van der Waals surface area contributed by atoms with Crippen molar-refractivity contribution in [2.24, 2.45) is 0 Å². The number of aryl methyl sites for hydroxylation is 6. The molecule has 0 aliphatic carbocycles. The topological polar surface area (TPSA) is 3.24 Å². The van der Waals surface area contributed by atoms with Gasteiger partial charge in [0, 0.05) is 17.1 Å². The van der Waals surface area contributed by atoms with Crippen LogP contribution in [0.3, 0.4) is 0 Å². The summed E-state index contributed by atoms with van der Waals surface area (Å²) in [6.07, 6.45) is 4.54. The molecule has 0 amide bonds. The summed E-state index contributed by atoms with van der Waals surface area (Å²) in [5.41, 5.74) is 18.8. The average molecular weight is 562 g/mol. The molecule has 0 radical (unpaired) electrons. The zero-order valence-corrected chi connectivity index (χ0v) is 26.9. The monoisotopic (exact) mass is 561 g/mol. The number of nitrogens with zero attached hydrogens (tertiary/aromatic N) is 1. The van der Waals surface area contributed by atoms with Gasteiger partial charge in [0.05, 0.1) is 0 Å². The summed E-state index contributed by atoms with van der Waals surface area (Å²) in [5, 5.41) is 0. The maximum absolute atomic E-state index is 2.36. The van der Waals surface area contributed by atoms with Crippen LogP contribution in [0.5, 0.6) is 0 Å². The molecule has 1 heteroatoms. The number of anilines is 3. The van der Waals surface area contributed by atoms with Crippen LogP contribution in [-0.4, -0.2) is 0 Å². The van der Waals surface area contributed by atoms with Gasteiger partial charge in [0.2, 0.25) is 0 Å². The van der Waals surface area contributed by atoms with Crippen LogP contribution >= 0.6 is 0 Å². The average Bonchev–Trinajstić information content (AvgIpc) is 2.98. The molecule has 0 aromatic heterocycles. The lowest BCUT2D eigenvalue weighted by Crippen LogP contribution is -2.11. The molecule has 0 unspecified atom stereocenters. The fourth-order valence-electron chi connectivity index (χ4n) is 5.56. The van der Waals surface area contributed by atoms with E-state index < -0.39 is 0 Å². The van der Waals surface area contributed by atoms with Crippen molar-refractivity contribution in [3.8, 4) is 0 Å². The Balaban J connectivity index is 1.47. The van der Waals surface area contributed by atoms with Crippen LogP contribution in [0.2, 0.25) is 0 Å². The Bertz CT molecular complexity index is 1700. The molecule has 5 aromatic rings. The van der Waals surface area contributed by atoms with Crippen molar-refractivity contribution >= 4 is 40.4 Å². The Morgan fingerprint density at radius 1 is 0.442 bits per heavy atom. The van der Waals surface area contributed by atoms with Crippen LogP contribution in [0.15, 0.2) is 103 Å². The molecule has 0 heterocycles.